The summed E-state index contributed by atoms with van der Waals surface area (Å²) in [6.07, 6.45) is 8.40. The Morgan fingerprint density at radius 1 is 1.10 bits per heavy atom. The smallest absolute Gasteiger partial charge is 0.0721 e. The van der Waals surface area contributed by atoms with Crippen LogP contribution < -0.4 is 5.32 Å². The van der Waals surface area contributed by atoms with E-state index in [2.05, 4.69) is 5.32 Å². The van der Waals surface area contributed by atoms with E-state index in [-0.39, 0.29) is 5.60 Å². The molecule has 0 bridgehead atoms. The highest BCUT2D eigenvalue weighted by Crippen LogP contribution is 2.40. The molecule has 1 aromatic rings. The van der Waals surface area contributed by atoms with Crippen molar-refractivity contribution in [3.05, 3.63) is 28.2 Å². The van der Waals surface area contributed by atoms with Gasteiger partial charge >= 0.3 is 0 Å². The fraction of sp³-hybridized carbons (Fsp3) is 0.625. The van der Waals surface area contributed by atoms with Gasteiger partial charge in [-0.2, -0.15) is 0 Å². The topological polar surface area (TPSA) is 21.3 Å². The molecule has 1 N–H and O–H groups in total. The molecule has 20 heavy (non-hydrogen) atoms. The summed E-state index contributed by atoms with van der Waals surface area (Å²) in [7, 11) is 0. The zero-order valence-corrected chi connectivity index (χ0v) is 13.1. The first kappa shape index (κ1) is 14.5. The summed E-state index contributed by atoms with van der Waals surface area (Å²) >= 11 is 12.5. The number of anilines is 1. The van der Waals surface area contributed by atoms with Crippen molar-refractivity contribution in [1.82, 2.24) is 0 Å². The van der Waals surface area contributed by atoms with E-state index >= 15 is 0 Å². The van der Waals surface area contributed by atoms with Gasteiger partial charge in [0.05, 0.1) is 21.3 Å². The fourth-order valence-electron chi connectivity index (χ4n) is 3.54. The molecule has 1 saturated carbocycles. The predicted molar refractivity (Wildman–Crippen MR) is 84.9 cm³/mol. The van der Waals surface area contributed by atoms with Gasteiger partial charge in [-0.1, -0.05) is 48.5 Å². The highest BCUT2D eigenvalue weighted by Gasteiger charge is 2.38. The van der Waals surface area contributed by atoms with Crippen LogP contribution in [-0.2, 0) is 4.74 Å². The predicted octanol–water partition coefficient (Wildman–Crippen LogP) is 5.29. The lowest BCUT2D eigenvalue weighted by Crippen LogP contribution is -2.45. The number of halogens is 2. The molecule has 1 aromatic carbocycles. The number of benzene rings is 1. The summed E-state index contributed by atoms with van der Waals surface area (Å²) in [6.45, 7) is 0.833. The Morgan fingerprint density at radius 2 is 1.80 bits per heavy atom. The largest absolute Gasteiger partial charge is 0.380 e. The van der Waals surface area contributed by atoms with E-state index in [1.807, 2.05) is 18.2 Å². The molecular formula is C16H21Cl2NO. The second kappa shape index (κ2) is 6.13. The Labute approximate surface area is 130 Å². The molecule has 2 aliphatic rings. The van der Waals surface area contributed by atoms with Crippen molar-refractivity contribution in [2.75, 3.05) is 11.9 Å². The molecule has 2 fully saturated rings. The Morgan fingerprint density at radius 3 is 2.50 bits per heavy atom. The lowest BCUT2D eigenvalue weighted by atomic mass is 9.78. The number of rotatable bonds is 2. The van der Waals surface area contributed by atoms with Crippen LogP contribution >= 0.6 is 23.2 Å². The SMILES string of the molecule is Clc1cccc(Cl)c1NC1CCOC2(CCCCC2)C1. The van der Waals surface area contributed by atoms with Gasteiger partial charge < -0.3 is 10.1 Å². The molecule has 1 spiro atoms. The van der Waals surface area contributed by atoms with Crippen molar-refractivity contribution in [2.24, 2.45) is 0 Å². The fourth-order valence-corrected chi connectivity index (χ4v) is 4.04. The molecule has 0 aromatic heterocycles. The Balaban J connectivity index is 1.71. The average molecular weight is 314 g/mol. The highest BCUT2D eigenvalue weighted by atomic mass is 35.5. The molecule has 1 heterocycles. The van der Waals surface area contributed by atoms with Crippen molar-refractivity contribution in [1.29, 1.82) is 0 Å². The number of ether oxygens (including phenoxy) is 1. The Hall–Kier alpha value is -0.440. The van der Waals surface area contributed by atoms with Crippen LogP contribution in [0.2, 0.25) is 10.0 Å². The normalized spacial score (nSPS) is 25.6. The van der Waals surface area contributed by atoms with E-state index in [9.17, 15) is 0 Å². The summed E-state index contributed by atoms with van der Waals surface area (Å²) < 4.78 is 6.13. The minimum absolute atomic E-state index is 0.0991. The second-order valence-electron chi connectivity index (χ2n) is 6.02. The van der Waals surface area contributed by atoms with Crippen molar-refractivity contribution in [2.45, 2.75) is 56.6 Å². The maximum Gasteiger partial charge on any atom is 0.0721 e. The van der Waals surface area contributed by atoms with Crippen LogP contribution in [0.15, 0.2) is 18.2 Å². The minimum Gasteiger partial charge on any atom is -0.380 e. The molecule has 1 aliphatic heterocycles. The van der Waals surface area contributed by atoms with E-state index in [1.54, 1.807) is 0 Å². The van der Waals surface area contributed by atoms with Crippen molar-refractivity contribution < 1.29 is 4.74 Å². The van der Waals surface area contributed by atoms with Crippen LogP contribution in [-0.4, -0.2) is 18.2 Å². The van der Waals surface area contributed by atoms with Crippen molar-refractivity contribution in [3.8, 4) is 0 Å². The summed E-state index contributed by atoms with van der Waals surface area (Å²) in [5.74, 6) is 0. The quantitative estimate of drug-likeness (QED) is 0.801. The molecule has 4 heteroatoms. The molecule has 2 nitrogen and oxygen atoms in total. The van der Waals surface area contributed by atoms with Gasteiger partial charge in [0, 0.05) is 12.6 Å². The molecule has 1 unspecified atom stereocenters. The standard InChI is InChI=1S/C16H21Cl2NO/c17-13-5-4-6-14(18)15(13)19-12-7-10-20-16(11-12)8-2-1-3-9-16/h4-6,12,19H,1-3,7-11H2. The second-order valence-corrected chi connectivity index (χ2v) is 6.84. The molecule has 3 rings (SSSR count). The van der Waals surface area contributed by atoms with Crippen LogP contribution in [0, 0.1) is 0 Å². The first-order valence-electron chi connectivity index (χ1n) is 7.53. The van der Waals surface area contributed by atoms with Crippen molar-refractivity contribution >= 4 is 28.9 Å². The monoisotopic (exact) mass is 313 g/mol. The Bertz CT molecular complexity index is 446. The van der Waals surface area contributed by atoms with Crippen LogP contribution in [0.1, 0.15) is 44.9 Å². The van der Waals surface area contributed by atoms with Crippen molar-refractivity contribution in [3.63, 3.8) is 0 Å². The summed E-state index contributed by atoms with van der Waals surface area (Å²) in [6, 6.07) is 6.04. The van der Waals surface area contributed by atoms with Gasteiger partial charge in [0.25, 0.3) is 0 Å². The van der Waals surface area contributed by atoms with E-state index in [0.29, 0.717) is 16.1 Å². The van der Waals surface area contributed by atoms with E-state index in [4.69, 9.17) is 27.9 Å². The third-order valence-corrected chi connectivity index (χ3v) is 5.20. The van der Waals surface area contributed by atoms with E-state index in [0.717, 1.165) is 25.1 Å². The highest BCUT2D eigenvalue weighted by molar-refractivity contribution is 6.39. The lowest BCUT2D eigenvalue weighted by molar-refractivity contribution is -0.103. The molecule has 0 amide bonds. The zero-order chi connectivity index (χ0) is 14.0. The van der Waals surface area contributed by atoms with Gasteiger partial charge in [-0.05, 0) is 37.8 Å². The van der Waals surface area contributed by atoms with Gasteiger partial charge in [-0.15, -0.1) is 0 Å². The molecule has 1 aliphatic carbocycles. The maximum absolute atomic E-state index is 6.25. The number of nitrogens with one attached hydrogen (secondary N) is 1. The van der Waals surface area contributed by atoms with E-state index in [1.165, 1.54) is 32.1 Å². The third-order valence-electron chi connectivity index (χ3n) is 4.57. The van der Waals surface area contributed by atoms with Crippen LogP contribution in [0.3, 0.4) is 0 Å². The molecule has 110 valence electrons. The van der Waals surface area contributed by atoms with Gasteiger partial charge in [0.2, 0.25) is 0 Å². The maximum atomic E-state index is 6.25. The van der Waals surface area contributed by atoms with Crippen LogP contribution in [0.25, 0.3) is 0 Å². The third kappa shape index (κ3) is 3.08. The number of hydrogen-bond acceptors (Lipinski definition) is 2. The van der Waals surface area contributed by atoms with E-state index < -0.39 is 0 Å². The van der Waals surface area contributed by atoms with Gasteiger partial charge in [-0.25, -0.2) is 0 Å². The zero-order valence-electron chi connectivity index (χ0n) is 11.6. The molecule has 1 atom stereocenters. The molecule has 1 saturated heterocycles. The Kier molecular flexibility index (Phi) is 4.44. The minimum atomic E-state index is 0.0991. The average Bonchev–Trinajstić information content (AvgIpc) is 2.44. The molecule has 0 radical (unpaired) electrons. The first-order chi connectivity index (χ1) is 9.69. The lowest BCUT2D eigenvalue weighted by Gasteiger charge is -2.44. The van der Waals surface area contributed by atoms with Crippen LogP contribution in [0.4, 0.5) is 5.69 Å². The first-order valence-corrected chi connectivity index (χ1v) is 8.29. The summed E-state index contributed by atoms with van der Waals surface area (Å²) in [5, 5.41) is 4.94. The number of hydrogen-bond donors (Lipinski definition) is 1. The molecular weight excluding hydrogens is 293 g/mol. The van der Waals surface area contributed by atoms with Gasteiger partial charge in [0.15, 0.2) is 0 Å². The van der Waals surface area contributed by atoms with Crippen LogP contribution in [0.5, 0.6) is 0 Å². The van der Waals surface area contributed by atoms with Gasteiger partial charge in [0.1, 0.15) is 0 Å². The van der Waals surface area contributed by atoms with Gasteiger partial charge in [-0.3, -0.25) is 0 Å². The number of para-hydroxylation sites is 1. The summed E-state index contributed by atoms with van der Waals surface area (Å²) in [5.41, 5.74) is 0.968. The summed E-state index contributed by atoms with van der Waals surface area (Å²) in [4.78, 5) is 0.